The van der Waals surface area contributed by atoms with Crippen LogP contribution in [-0.2, 0) is 4.74 Å². The van der Waals surface area contributed by atoms with E-state index in [0.29, 0.717) is 12.1 Å². The molecule has 3 heteroatoms. The zero-order chi connectivity index (χ0) is 14.7. The van der Waals surface area contributed by atoms with E-state index >= 15 is 0 Å². The molecule has 0 amide bonds. The van der Waals surface area contributed by atoms with E-state index in [1.54, 1.807) is 7.11 Å². The molecule has 0 heterocycles. The van der Waals surface area contributed by atoms with Crippen LogP contribution in [0.4, 0.5) is 0 Å². The summed E-state index contributed by atoms with van der Waals surface area (Å²) in [4.78, 5) is 2.59. The van der Waals surface area contributed by atoms with Crippen LogP contribution in [0.2, 0.25) is 0 Å². The molecule has 0 radical (unpaired) electrons. The highest BCUT2D eigenvalue weighted by Gasteiger charge is 2.18. The standard InChI is InChI=1S/C16H36N2O/c1-7-15(4)18(11-12-19-6)16(5)9-8-10-17-13-14(2)3/h14-17H,7-13H2,1-6H3. The summed E-state index contributed by atoms with van der Waals surface area (Å²) in [6, 6.07) is 1.29. The molecule has 2 unspecified atom stereocenters. The number of hydrogen-bond acceptors (Lipinski definition) is 3. The zero-order valence-electron chi connectivity index (χ0n) is 14.0. The lowest BCUT2D eigenvalue weighted by Gasteiger charge is -2.34. The molecular weight excluding hydrogens is 236 g/mol. The average Bonchev–Trinajstić information content (AvgIpc) is 2.38. The van der Waals surface area contributed by atoms with Crippen LogP contribution >= 0.6 is 0 Å². The molecule has 3 nitrogen and oxygen atoms in total. The van der Waals surface area contributed by atoms with Gasteiger partial charge in [-0.05, 0) is 52.1 Å². The van der Waals surface area contributed by atoms with Crippen LogP contribution in [0.15, 0.2) is 0 Å². The summed E-state index contributed by atoms with van der Waals surface area (Å²) in [5.41, 5.74) is 0. The van der Waals surface area contributed by atoms with Crippen molar-refractivity contribution in [2.75, 3.05) is 33.4 Å². The van der Waals surface area contributed by atoms with Crippen LogP contribution in [0.5, 0.6) is 0 Å². The topological polar surface area (TPSA) is 24.5 Å². The maximum absolute atomic E-state index is 5.23. The second-order valence-corrected chi connectivity index (χ2v) is 6.08. The minimum Gasteiger partial charge on any atom is -0.383 e. The van der Waals surface area contributed by atoms with E-state index in [4.69, 9.17) is 4.74 Å². The van der Waals surface area contributed by atoms with Crippen molar-refractivity contribution in [1.29, 1.82) is 0 Å². The highest BCUT2D eigenvalue weighted by molar-refractivity contribution is 4.73. The highest BCUT2D eigenvalue weighted by Crippen LogP contribution is 2.12. The Labute approximate surface area is 121 Å². The van der Waals surface area contributed by atoms with Crippen molar-refractivity contribution in [3.8, 4) is 0 Å². The SMILES string of the molecule is CCC(C)N(CCOC)C(C)CCCNCC(C)C. The molecule has 0 aliphatic rings. The normalized spacial score (nSPS) is 15.2. The molecule has 19 heavy (non-hydrogen) atoms. The molecule has 1 N–H and O–H groups in total. The van der Waals surface area contributed by atoms with Crippen LogP contribution in [-0.4, -0.2) is 50.3 Å². The molecule has 0 aromatic carbocycles. The first-order valence-electron chi connectivity index (χ1n) is 7.98. The second kappa shape index (κ2) is 11.7. The molecule has 0 bridgehead atoms. The number of hydrogen-bond donors (Lipinski definition) is 1. The van der Waals surface area contributed by atoms with Gasteiger partial charge in [0.05, 0.1) is 6.61 Å². The van der Waals surface area contributed by atoms with Gasteiger partial charge >= 0.3 is 0 Å². The van der Waals surface area contributed by atoms with Gasteiger partial charge in [-0.25, -0.2) is 0 Å². The molecule has 0 aromatic heterocycles. The lowest BCUT2D eigenvalue weighted by Crippen LogP contribution is -2.42. The smallest absolute Gasteiger partial charge is 0.0589 e. The fourth-order valence-corrected chi connectivity index (χ4v) is 2.39. The van der Waals surface area contributed by atoms with Gasteiger partial charge in [0.2, 0.25) is 0 Å². The van der Waals surface area contributed by atoms with Gasteiger partial charge in [-0.15, -0.1) is 0 Å². The summed E-state index contributed by atoms with van der Waals surface area (Å²) < 4.78 is 5.23. The number of ether oxygens (including phenoxy) is 1. The molecule has 0 fully saturated rings. The van der Waals surface area contributed by atoms with E-state index in [9.17, 15) is 0 Å². The third-order valence-corrected chi connectivity index (χ3v) is 3.80. The fourth-order valence-electron chi connectivity index (χ4n) is 2.39. The molecular formula is C16H36N2O. The summed E-state index contributed by atoms with van der Waals surface area (Å²) >= 11 is 0. The van der Waals surface area contributed by atoms with Gasteiger partial charge in [-0.2, -0.15) is 0 Å². The summed E-state index contributed by atoms with van der Waals surface area (Å²) in [5.74, 6) is 0.746. The molecule has 0 aliphatic carbocycles. The van der Waals surface area contributed by atoms with E-state index in [1.807, 2.05) is 0 Å². The molecule has 0 spiro atoms. The van der Waals surface area contributed by atoms with Gasteiger partial charge in [0.25, 0.3) is 0 Å². The quantitative estimate of drug-likeness (QED) is 0.552. The minimum atomic E-state index is 0.644. The van der Waals surface area contributed by atoms with Gasteiger partial charge in [0.15, 0.2) is 0 Å². The predicted octanol–water partition coefficient (Wildman–Crippen LogP) is 3.15. The summed E-state index contributed by atoms with van der Waals surface area (Å²) in [6.07, 6.45) is 3.73. The van der Waals surface area contributed by atoms with Crippen LogP contribution in [0, 0.1) is 5.92 Å². The van der Waals surface area contributed by atoms with Gasteiger partial charge in [-0.3, -0.25) is 4.90 Å². The van der Waals surface area contributed by atoms with Crippen molar-refractivity contribution in [3.63, 3.8) is 0 Å². The van der Waals surface area contributed by atoms with Crippen molar-refractivity contribution >= 4 is 0 Å². The Morgan fingerprint density at radius 1 is 1.11 bits per heavy atom. The van der Waals surface area contributed by atoms with Crippen molar-refractivity contribution in [2.24, 2.45) is 5.92 Å². The van der Waals surface area contributed by atoms with Crippen LogP contribution in [0.25, 0.3) is 0 Å². The minimum absolute atomic E-state index is 0.644. The maximum atomic E-state index is 5.23. The van der Waals surface area contributed by atoms with E-state index in [-0.39, 0.29) is 0 Å². The molecule has 0 aliphatic heterocycles. The summed E-state index contributed by atoms with van der Waals surface area (Å²) in [7, 11) is 1.79. The predicted molar refractivity (Wildman–Crippen MR) is 84.7 cm³/mol. The third-order valence-electron chi connectivity index (χ3n) is 3.80. The fraction of sp³-hybridized carbons (Fsp3) is 1.00. The van der Waals surface area contributed by atoms with Crippen molar-refractivity contribution in [3.05, 3.63) is 0 Å². The first kappa shape index (κ1) is 18.9. The number of methoxy groups -OCH3 is 1. The van der Waals surface area contributed by atoms with E-state index in [2.05, 4.69) is 44.8 Å². The third kappa shape index (κ3) is 9.42. The van der Waals surface area contributed by atoms with Crippen LogP contribution in [0.1, 0.15) is 53.9 Å². The molecule has 0 saturated heterocycles. The Kier molecular flexibility index (Phi) is 11.6. The number of nitrogens with zero attached hydrogens (tertiary/aromatic N) is 1. The molecule has 0 saturated carbocycles. The first-order valence-corrected chi connectivity index (χ1v) is 7.98. The van der Waals surface area contributed by atoms with Crippen molar-refractivity contribution in [2.45, 2.75) is 66.0 Å². The lowest BCUT2D eigenvalue weighted by molar-refractivity contribution is 0.0899. The Balaban J connectivity index is 3.92. The largest absolute Gasteiger partial charge is 0.383 e. The molecule has 116 valence electrons. The van der Waals surface area contributed by atoms with Crippen LogP contribution < -0.4 is 5.32 Å². The Morgan fingerprint density at radius 3 is 2.32 bits per heavy atom. The lowest BCUT2D eigenvalue weighted by atomic mass is 10.1. The van der Waals surface area contributed by atoms with Crippen LogP contribution in [0.3, 0.4) is 0 Å². The molecule has 0 rings (SSSR count). The van der Waals surface area contributed by atoms with Gasteiger partial charge in [-0.1, -0.05) is 20.8 Å². The van der Waals surface area contributed by atoms with Gasteiger partial charge in [0.1, 0.15) is 0 Å². The van der Waals surface area contributed by atoms with E-state index < -0.39 is 0 Å². The second-order valence-electron chi connectivity index (χ2n) is 6.08. The Hall–Kier alpha value is -0.120. The van der Waals surface area contributed by atoms with Crippen molar-refractivity contribution in [1.82, 2.24) is 10.2 Å². The zero-order valence-corrected chi connectivity index (χ0v) is 14.0. The first-order chi connectivity index (χ1) is 9.02. The van der Waals surface area contributed by atoms with Gasteiger partial charge < -0.3 is 10.1 Å². The van der Waals surface area contributed by atoms with Gasteiger partial charge in [0, 0.05) is 25.7 Å². The average molecular weight is 272 g/mol. The Morgan fingerprint density at radius 2 is 1.79 bits per heavy atom. The Bertz CT molecular complexity index is 197. The monoisotopic (exact) mass is 272 g/mol. The number of nitrogens with one attached hydrogen (secondary N) is 1. The summed E-state index contributed by atoms with van der Waals surface area (Å²) in [5, 5.41) is 3.52. The van der Waals surface area contributed by atoms with Crippen molar-refractivity contribution < 1.29 is 4.74 Å². The molecule has 0 aromatic rings. The van der Waals surface area contributed by atoms with E-state index in [1.165, 1.54) is 19.3 Å². The van der Waals surface area contributed by atoms with E-state index in [0.717, 1.165) is 32.2 Å². The highest BCUT2D eigenvalue weighted by atomic mass is 16.5. The maximum Gasteiger partial charge on any atom is 0.0589 e. The summed E-state index contributed by atoms with van der Waals surface area (Å²) in [6.45, 7) is 15.6. The number of rotatable bonds is 12. The molecule has 2 atom stereocenters.